The maximum atomic E-state index is 13.0. The number of amides is 1. The number of anilines is 1. The lowest BCUT2D eigenvalue weighted by molar-refractivity contribution is -0.151. The number of carbonyl (C=O) groups is 3. The molecule has 1 amide bonds. The number of nitrogens with one attached hydrogen (secondary N) is 2. The first-order chi connectivity index (χ1) is 15.9. The Bertz CT molecular complexity index is 1120. The Morgan fingerprint density at radius 3 is 2.12 bits per heavy atom. The Kier molecular flexibility index (Phi) is 9.24. The van der Waals surface area contributed by atoms with Crippen LogP contribution in [0.5, 0.6) is 0 Å². The molecule has 2 aromatic carbocycles. The largest absolute Gasteiger partial charge is 0.459 e. The molecular formula is C22H25FN2O8S. The number of hydrogen-bond acceptors (Lipinski definition) is 8. The fraction of sp³-hybridized carbons (Fsp3) is 0.318. The van der Waals surface area contributed by atoms with E-state index < -0.39 is 52.4 Å². The lowest BCUT2D eigenvalue weighted by Gasteiger charge is -2.20. The van der Waals surface area contributed by atoms with Crippen LogP contribution in [0.25, 0.3) is 0 Å². The van der Waals surface area contributed by atoms with E-state index in [1.54, 1.807) is 13.8 Å². The first kappa shape index (κ1) is 26.9. The van der Waals surface area contributed by atoms with Crippen LogP contribution in [0.2, 0.25) is 0 Å². The van der Waals surface area contributed by atoms with Gasteiger partial charge < -0.3 is 19.9 Å². The number of halogens is 1. The highest BCUT2D eigenvalue weighted by atomic mass is 32.2. The standard InChI is InChI=1S/C22H25FN2O8S/c1-13(2)33-21(28)15-4-8-17(9-5-15)24-19(27)12-32-22(29)20(14(3)26)25-34(30,31)18-10-6-16(23)7-11-18/h4-11,13-14,20,25-26H,12H2,1-3H3,(H,24,27)/t14-,20-/m1/s1. The molecule has 0 aliphatic rings. The van der Waals surface area contributed by atoms with Crippen LogP contribution in [-0.4, -0.2) is 56.2 Å². The van der Waals surface area contributed by atoms with E-state index >= 15 is 0 Å². The van der Waals surface area contributed by atoms with Gasteiger partial charge in [-0.1, -0.05) is 0 Å². The van der Waals surface area contributed by atoms with Crippen molar-refractivity contribution in [3.63, 3.8) is 0 Å². The van der Waals surface area contributed by atoms with Crippen LogP contribution >= 0.6 is 0 Å². The van der Waals surface area contributed by atoms with Crippen molar-refractivity contribution in [2.75, 3.05) is 11.9 Å². The summed E-state index contributed by atoms with van der Waals surface area (Å²) in [4.78, 5) is 35.9. The number of aliphatic hydroxyl groups is 1. The SMILES string of the molecule is CC(C)OC(=O)c1ccc(NC(=O)COC(=O)[C@H](NS(=O)(=O)c2ccc(F)cc2)[C@@H](C)O)cc1. The highest BCUT2D eigenvalue weighted by molar-refractivity contribution is 7.89. The molecule has 10 nitrogen and oxygen atoms in total. The first-order valence-electron chi connectivity index (χ1n) is 10.1. The zero-order valence-corrected chi connectivity index (χ0v) is 19.5. The van der Waals surface area contributed by atoms with Crippen LogP contribution < -0.4 is 10.0 Å². The number of esters is 2. The predicted octanol–water partition coefficient (Wildman–Crippen LogP) is 1.60. The number of aliphatic hydroxyl groups excluding tert-OH is 1. The van der Waals surface area contributed by atoms with Gasteiger partial charge in [0.05, 0.1) is 22.7 Å². The quantitative estimate of drug-likeness (QED) is 0.420. The second-order valence-corrected chi connectivity index (χ2v) is 9.19. The van der Waals surface area contributed by atoms with Crippen molar-refractivity contribution in [1.82, 2.24) is 4.72 Å². The van der Waals surface area contributed by atoms with Crippen LogP contribution in [0.1, 0.15) is 31.1 Å². The van der Waals surface area contributed by atoms with Gasteiger partial charge in [0.2, 0.25) is 10.0 Å². The van der Waals surface area contributed by atoms with Gasteiger partial charge in [-0.25, -0.2) is 17.6 Å². The number of hydrogen-bond donors (Lipinski definition) is 3. The minimum absolute atomic E-state index is 0.284. The van der Waals surface area contributed by atoms with Gasteiger partial charge in [-0.2, -0.15) is 4.72 Å². The lowest BCUT2D eigenvalue weighted by Crippen LogP contribution is -2.48. The van der Waals surface area contributed by atoms with Gasteiger partial charge in [0.15, 0.2) is 6.61 Å². The van der Waals surface area contributed by atoms with Gasteiger partial charge in [-0.3, -0.25) is 9.59 Å². The fourth-order valence-electron chi connectivity index (χ4n) is 2.59. The molecule has 2 atom stereocenters. The van der Waals surface area contributed by atoms with Crippen molar-refractivity contribution in [1.29, 1.82) is 0 Å². The van der Waals surface area contributed by atoms with Crippen molar-refractivity contribution in [3.8, 4) is 0 Å². The zero-order chi connectivity index (χ0) is 25.5. The summed E-state index contributed by atoms with van der Waals surface area (Å²) >= 11 is 0. The van der Waals surface area contributed by atoms with Crippen LogP contribution in [0.3, 0.4) is 0 Å². The molecule has 0 bridgehead atoms. The predicted molar refractivity (Wildman–Crippen MR) is 119 cm³/mol. The third-order valence-electron chi connectivity index (χ3n) is 4.24. The maximum absolute atomic E-state index is 13.0. The average Bonchev–Trinajstić information content (AvgIpc) is 2.76. The van der Waals surface area contributed by atoms with Crippen LogP contribution in [0, 0.1) is 5.82 Å². The number of benzene rings is 2. The van der Waals surface area contributed by atoms with Crippen molar-refractivity contribution in [2.45, 2.75) is 43.9 Å². The molecule has 2 aromatic rings. The van der Waals surface area contributed by atoms with Gasteiger partial charge in [-0.05, 0) is 69.3 Å². The molecule has 3 N–H and O–H groups in total. The average molecular weight is 497 g/mol. The van der Waals surface area contributed by atoms with E-state index in [2.05, 4.69) is 5.32 Å². The molecule has 34 heavy (non-hydrogen) atoms. The van der Waals surface area contributed by atoms with E-state index in [0.29, 0.717) is 5.69 Å². The van der Waals surface area contributed by atoms with E-state index in [4.69, 9.17) is 9.47 Å². The summed E-state index contributed by atoms with van der Waals surface area (Å²) < 4.78 is 49.7. The van der Waals surface area contributed by atoms with Crippen molar-refractivity contribution in [3.05, 3.63) is 59.9 Å². The van der Waals surface area contributed by atoms with Crippen LogP contribution in [-0.2, 0) is 29.1 Å². The highest BCUT2D eigenvalue weighted by Crippen LogP contribution is 2.13. The molecule has 0 fully saturated rings. The summed E-state index contributed by atoms with van der Waals surface area (Å²) in [5.41, 5.74) is 0.595. The number of rotatable bonds is 10. The molecule has 0 unspecified atom stereocenters. The zero-order valence-electron chi connectivity index (χ0n) is 18.6. The molecule has 12 heteroatoms. The first-order valence-corrected chi connectivity index (χ1v) is 11.6. The summed E-state index contributed by atoms with van der Waals surface area (Å²) in [7, 11) is -4.29. The second kappa shape index (κ2) is 11.7. The van der Waals surface area contributed by atoms with E-state index in [1.165, 1.54) is 24.3 Å². The summed E-state index contributed by atoms with van der Waals surface area (Å²) in [5.74, 6) is -3.10. The molecule has 0 saturated heterocycles. The molecule has 0 heterocycles. The Hall–Kier alpha value is -3.35. The normalized spacial score (nSPS) is 13.1. The molecule has 0 spiro atoms. The molecule has 2 rings (SSSR count). The van der Waals surface area contributed by atoms with E-state index in [1.807, 2.05) is 4.72 Å². The Labute approximate surface area is 196 Å². The van der Waals surface area contributed by atoms with Crippen molar-refractivity contribution >= 4 is 33.6 Å². The molecule has 0 aliphatic heterocycles. The van der Waals surface area contributed by atoms with E-state index in [-0.39, 0.29) is 16.6 Å². The van der Waals surface area contributed by atoms with E-state index in [0.717, 1.165) is 31.2 Å². The Balaban J connectivity index is 1.95. The third kappa shape index (κ3) is 7.90. The lowest BCUT2D eigenvalue weighted by atomic mass is 10.2. The Morgan fingerprint density at radius 2 is 1.59 bits per heavy atom. The highest BCUT2D eigenvalue weighted by Gasteiger charge is 2.31. The monoisotopic (exact) mass is 496 g/mol. The fourth-order valence-corrected chi connectivity index (χ4v) is 3.85. The van der Waals surface area contributed by atoms with Crippen LogP contribution in [0.4, 0.5) is 10.1 Å². The van der Waals surface area contributed by atoms with Crippen LogP contribution in [0.15, 0.2) is 53.4 Å². The van der Waals surface area contributed by atoms with Gasteiger partial charge in [0.1, 0.15) is 11.9 Å². The molecular weight excluding hydrogens is 471 g/mol. The summed E-state index contributed by atoms with van der Waals surface area (Å²) in [6, 6.07) is 7.90. The molecule has 0 radical (unpaired) electrons. The minimum Gasteiger partial charge on any atom is -0.459 e. The van der Waals surface area contributed by atoms with Gasteiger partial charge in [0.25, 0.3) is 5.91 Å². The molecule has 0 saturated carbocycles. The molecule has 184 valence electrons. The number of ether oxygens (including phenoxy) is 2. The summed E-state index contributed by atoms with van der Waals surface area (Å²) in [6.45, 7) is 3.82. The minimum atomic E-state index is -4.29. The Morgan fingerprint density at radius 1 is 1.00 bits per heavy atom. The smallest absolute Gasteiger partial charge is 0.338 e. The van der Waals surface area contributed by atoms with Gasteiger partial charge >= 0.3 is 11.9 Å². The number of sulfonamides is 1. The van der Waals surface area contributed by atoms with Gasteiger partial charge in [-0.15, -0.1) is 0 Å². The van der Waals surface area contributed by atoms with Gasteiger partial charge in [0, 0.05) is 5.69 Å². The maximum Gasteiger partial charge on any atom is 0.338 e. The second-order valence-electron chi connectivity index (χ2n) is 7.48. The molecule has 0 aliphatic carbocycles. The summed E-state index contributed by atoms with van der Waals surface area (Å²) in [6.07, 6.45) is -1.78. The topological polar surface area (TPSA) is 148 Å². The van der Waals surface area contributed by atoms with Crippen molar-refractivity contribution < 1.29 is 41.8 Å². The summed E-state index contributed by atoms with van der Waals surface area (Å²) in [5, 5.41) is 12.3. The molecule has 0 aromatic heterocycles. The third-order valence-corrected chi connectivity index (χ3v) is 5.69. The van der Waals surface area contributed by atoms with E-state index in [9.17, 15) is 32.3 Å². The number of carbonyl (C=O) groups excluding carboxylic acids is 3. The van der Waals surface area contributed by atoms with Crippen molar-refractivity contribution in [2.24, 2.45) is 0 Å².